The molecule has 6 nitrogen and oxygen atoms in total. The average molecular weight is 382 g/mol. The van der Waals surface area contributed by atoms with Crippen molar-refractivity contribution in [3.8, 4) is 0 Å². The molecule has 148 valence electrons. The van der Waals surface area contributed by atoms with Gasteiger partial charge in [0, 0.05) is 12.7 Å². The van der Waals surface area contributed by atoms with Crippen molar-refractivity contribution in [2.24, 2.45) is 0 Å². The number of amides is 2. The molecule has 0 aliphatic carbocycles. The van der Waals surface area contributed by atoms with E-state index in [1.54, 1.807) is 0 Å². The van der Waals surface area contributed by atoms with Gasteiger partial charge in [0.05, 0.1) is 13.0 Å². The van der Waals surface area contributed by atoms with Gasteiger partial charge in [-0.15, -0.1) is 0 Å². The predicted molar refractivity (Wildman–Crippen MR) is 108 cm³/mol. The van der Waals surface area contributed by atoms with E-state index in [4.69, 9.17) is 4.74 Å². The zero-order valence-corrected chi connectivity index (χ0v) is 16.5. The monoisotopic (exact) mass is 382 g/mol. The molecule has 2 aromatic rings. The molecule has 6 heteroatoms. The topological polar surface area (TPSA) is 75.7 Å². The van der Waals surface area contributed by atoms with E-state index in [-0.39, 0.29) is 25.5 Å². The molecule has 0 atom stereocenters. The van der Waals surface area contributed by atoms with Crippen molar-refractivity contribution in [2.75, 3.05) is 25.5 Å². The van der Waals surface area contributed by atoms with Crippen LogP contribution in [0.5, 0.6) is 0 Å². The SMILES string of the molecule is CCc1ccccc1NC(=O)CN(C)C(=O)COC(=O)Cc1ccc(C)cc1. The highest BCUT2D eigenvalue weighted by Gasteiger charge is 2.16. The minimum absolute atomic E-state index is 0.103. The van der Waals surface area contributed by atoms with Crippen molar-refractivity contribution in [3.05, 3.63) is 65.2 Å². The summed E-state index contributed by atoms with van der Waals surface area (Å²) in [7, 11) is 1.50. The molecule has 2 aromatic carbocycles. The lowest BCUT2D eigenvalue weighted by atomic mass is 10.1. The summed E-state index contributed by atoms with van der Waals surface area (Å²) in [6, 6.07) is 15.1. The summed E-state index contributed by atoms with van der Waals surface area (Å²) in [6.07, 6.45) is 0.897. The summed E-state index contributed by atoms with van der Waals surface area (Å²) in [5, 5.41) is 2.81. The number of likely N-dealkylation sites (N-methyl/N-ethyl adjacent to an activating group) is 1. The molecule has 0 unspecified atom stereocenters. The summed E-state index contributed by atoms with van der Waals surface area (Å²) < 4.78 is 5.03. The van der Waals surface area contributed by atoms with Crippen LogP contribution >= 0.6 is 0 Å². The molecule has 0 saturated carbocycles. The molecule has 0 spiro atoms. The quantitative estimate of drug-likeness (QED) is 0.713. The third-order valence-electron chi connectivity index (χ3n) is 4.30. The fraction of sp³-hybridized carbons (Fsp3) is 0.318. The van der Waals surface area contributed by atoms with E-state index in [1.807, 2.05) is 62.4 Å². The Bertz CT molecular complexity index is 831. The van der Waals surface area contributed by atoms with Crippen LogP contribution in [0.1, 0.15) is 23.6 Å². The summed E-state index contributed by atoms with van der Waals surface area (Å²) >= 11 is 0. The van der Waals surface area contributed by atoms with Crippen molar-refractivity contribution in [1.82, 2.24) is 4.90 Å². The molecule has 0 heterocycles. The van der Waals surface area contributed by atoms with E-state index in [9.17, 15) is 14.4 Å². The number of benzene rings is 2. The molecule has 1 N–H and O–H groups in total. The Morgan fingerprint density at radius 1 is 1.04 bits per heavy atom. The average Bonchev–Trinajstić information content (AvgIpc) is 2.68. The summed E-state index contributed by atoms with van der Waals surface area (Å²) in [5.41, 5.74) is 3.69. The molecule has 0 aliphatic heterocycles. The second-order valence-electron chi connectivity index (χ2n) is 6.63. The van der Waals surface area contributed by atoms with E-state index in [0.717, 1.165) is 28.8 Å². The highest BCUT2D eigenvalue weighted by Crippen LogP contribution is 2.15. The molecule has 0 aromatic heterocycles. The van der Waals surface area contributed by atoms with Crippen molar-refractivity contribution in [3.63, 3.8) is 0 Å². The normalized spacial score (nSPS) is 10.2. The lowest BCUT2D eigenvalue weighted by molar-refractivity contribution is -0.151. The van der Waals surface area contributed by atoms with Crippen LogP contribution in [0.15, 0.2) is 48.5 Å². The maximum absolute atomic E-state index is 12.2. The summed E-state index contributed by atoms with van der Waals surface area (Å²) in [6.45, 7) is 3.46. The zero-order valence-electron chi connectivity index (χ0n) is 16.5. The Labute approximate surface area is 165 Å². The smallest absolute Gasteiger partial charge is 0.310 e. The Balaban J connectivity index is 1.77. The zero-order chi connectivity index (χ0) is 20.5. The van der Waals surface area contributed by atoms with Gasteiger partial charge >= 0.3 is 5.97 Å². The number of aryl methyl sites for hydroxylation is 2. The van der Waals surface area contributed by atoms with Crippen LogP contribution in [0.4, 0.5) is 5.69 Å². The van der Waals surface area contributed by atoms with Crippen LogP contribution < -0.4 is 5.32 Å². The van der Waals surface area contributed by atoms with Gasteiger partial charge in [0.25, 0.3) is 5.91 Å². The van der Waals surface area contributed by atoms with Gasteiger partial charge in [-0.3, -0.25) is 14.4 Å². The lowest BCUT2D eigenvalue weighted by Crippen LogP contribution is -2.37. The van der Waals surface area contributed by atoms with Crippen LogP contribution in [0.3, 0.4) is 0 Å². The van der Waals surface area contributed by atoms with Crippen LogP contribution in [-0.2, 0) is 32.0 Å². The van der Waals surface area contributed by atoms with Gasteiger partial charge in [0.1, 0.15) is 0 Å². The predicted octanol–water partition coefficient (Wildman–Crippen LogP) is 2.74. The Kier molecular flexibility index (Phi) is 7.75. The minimum atomic E-state index is -0.480. The van der Waals surface area contributed by atoms with E-state index < -0.39 is 11.9 Å². The van der Waals surface area contributed by atoms with Gasteiger partial charge in [-0.05, 0) is 30.5 Å². The molecule has 0 bridgehead atoms. The van der Waals surface area contributed by atoms with Gasteiger partial charge in [-0.2, -0.15) is 0 Å². The lowest BCUT2D eigenvalue weighted by Gasteiger charge is -2.17. The molecule has 0 saturated heterocycles. The number of nitrogens with zero attached hydrogens (tertiary/aromatic N) is 1. The third-order valence-corrected chi connectivity index (χ3v) is 4.30. The number of ether oxygens (including phenoxy) is 1. The van der Waals surface area contributed by atoms with Gasteiger partial charge in [0.15, 0.2) is 6.61 Å². The summed E-state index contributed by atoms with van der Waals surface area (Å²) in [4.78, 5) is 37.4. The number of rotatable bonds is 8. The number of hydrogen-bond acceptors (Lipinski definition) is 4. The van der Waals surface area contributed by atoms with Crippen molar-refractivity contribution < 1.29 is 19.1 Å². The number of carbonyl (C=O) groups excluding carboxylic acids is 3. The maximum Gasteiger partial charge on any atom is 0.310 e. The van der Waals surface area contributed by atoms with E-state index in [1.165, 1.54) is 11.9 Å². The highest BCUT2D eigenvalue weighted by molar-refractivity contribution is 5.95. The molecular formula is C22H26N2O4. The number of carbonyl (C=O) groups is 3. The largest absolute Gasteiger partial charge is 0.455 e. The van der Waals surface area contributed by atoms with E-state index in [0.29, 0.717) is 0 Å². The van der Waals surface area contributed by atoms with Crippen molar-refractivity contribution in [1.29, 1.82) is 0 Å². The number of nitrogens with one attached hydrogen (secondary N) is 1. The first-order valence-electron chi connectivity index (χ1n) is 9.22. The van der Waals surface area contributed by atoms with Crippen molar-refractivity contribution >= 4 is 23.5 Å². The molecule has 28 heavy (non-hydrogen) atoms. The Hall–Kier alpha value is -3.15. The van der Waals surface area contributed by atoms with Gasteiger partial charge in [-0.1, -0.05) is 55.0 Å². The number of esters is 1. The van der Waals surface area contributed by atoms with Crippen LogP contribution in [0.25, 0.3) is 0 Å². The second-order valence-corrected chi connectivity index (χ2v) is 6.63. The van der Waals surface area contributed by atoms with Gasteiger partial charge in [-0.25, -0.2) is 0 Å². The molecule has 0 fully saturated rings. The van der Waals surface area contributed by atoms with Crippen LogP contribution in [0.2, 0.25) is 0 Å². The highest BCUT2D eigenvalue weighted by atomic mass is 16.5. The minimum Gasteiger partial charge on any atom is -0.455 e. The van der Waals surface area contributed by atoms with Crippen LogP contribution in [0, 0.1) is 6.92 Å². The number of anilines is 1. The number of hydrogen-bond donors (Lipinski definition) is 1. The fourth-order valence-electron chi connectivity index (χ4n) is 2.62. The van der Waals surface area contributed by atoms with E-state index in [2.05, 4.69) is 5.32 Å². The Morgan fingerprint density at radius 2 is 1.71 bits per heavy atom. The Morgan fingerprint density at radius 3 is 2.39 bits per heavy atom. The fourth-order valence-corrected chi connectivity index (χ4v) is 2.62. The third kappa shape index (κ3) is 6.54. The maximum atomic E-state index is 12.2. The molecular weight excluding hydrogens is 356 g/mol. The van der Waals surface area contributed by atoms with Crippen molar-refractivity contribution in [2.45, 2.75) is 26.7 Å². The van der Waals surface area contributed by atoms with E-state index >= 15 is 0 Å². The first-order chi connectivity index (χ1) is 13.4. The summed E-state index contributed by atoms with van der Waals surface area (Å²) in [5.74, 6) is -1.22. The molecule has 0 radical (unpaired) electrons. The first-order valence-corrected chi connectivity index (χ1v) is 9.22. The second kappa shape index (κ2) is 10.3. The number of para-hydroxylation sites is 1. The molecule has 0 aliphatic rings. The first kappa shape index (κ1) is 21.2. The standard InChI is InChI=1S/C22H26N2O4/c1-4-18-7-5-6-8-19(18)23-20(25)14-24(3)21(26)15-28-22(27)13-17-11-9-16(2)10-12-17/h5-12H,4,13-15H2,1-3H3,(H,23,25). The molecule has 2 amide bonds. The van der Waals surface area contributed by atoms with Crippen LogP contribution in [-0.4, -0.2) is 42.9 Å². The van der Waals surface area contributed by atoms with Gasteiger partial charge in [0.2, 0.25) is 5.91 Å². The molecule has 2 rings (SSSR count). The van der Waals surface area contributed by atoms with Gasteiger partial charge < -0.3 is 15.0 Å².